The molecular formula is C64H64. The molecule has 0 saturated heterocycles. The molecule has 4 aliphatic carbocycles. The van der Waals surface area contributed by atoms with E-state index in [0.29, 0.717) is 0 Å². The third kappa shape index (κ3) is 6.89. The van der Waals surface area contributed by atoms with Crippen LogP contribution in [0.25, 0.3) is 44.5 Å². The Bertz CT molecular complexity index is 3070. The molecule has 0 fully saturated rings. The number of hydrogen-bond donors (Lipinski definition) is 0. The van der Waals surface area contributed by atoms with E-state index >= 15 is 0 Å². The zero-order chi connectivity index (χ0) is 45.3. The molecule has 0 heteroatoms. The molecule has 0 N–H and O–H groups in total. The number of benzene rings is 8. The lowest BCUT2D eigenvalue weighted by Crippen LogP contribution is -2.16. The van der Waals surface area contributed by atoms with Crippen LogP contribution in [0, 0.1) is 27.7 Å². The van der Waals surface area contributed by atoms with E-state index in [1.807, 2.05) is 0 Å². The largest absolute Gasteiger partial charge is 0.0619 e. The van der Waals surface area contributed by atoms with Gasteiger partial charge < -0.3 is 0 Å². The fourth-order valence-electron chi connectivity index (χ4n) is 11.7. The van der Waals surface area contributed by atoms with Gasteiger partial charge in [0, 0.05) is 21.7 Å². The second-order valence-electron chi connectivity index (χ2n) is 20.8. The van der Waals surface area contributed by atoms with E-state index in [9.17, 15) is 0 Å². The minimum atomic E-state index is 0.150. The van der Waals surface area contributed by atoms with E-state index in [0.717, 1.165) is 0 Å². The zero-order valence-corrected chi connectivity index (χ0v) is 40.2. The molecule has 0 amide bonds. The molecule has 12 rings (SSSR count). The lowest BCUT2D eigenvalue weighted by Gasteiger charge is -2.23. The maximum atomic E-state index is 2.33. The van der Waals surface area contributed by atoms with Gasteiger partial charge in [-0.1, -0.05) is 236 Å². The zero-order valence-electron chi connectivity index (χ0n) is 40.2. The minimum Gasteiger partial charge on any atom is -0.0619 e. The highest BCUT2D eigenvalue weighted by Crippen LogP contribution is 2.52. The van der Waals surface area contributed by atoms with Gasteiger partial charge in [-0.2, -0.15) is 0 Å². The van der Waals surface area contributed by atoms with E-state index in [4.69, 9.17) is 0 Å². The maximum Gasteiger partial charge on any atom is 0.0161 e. The second-order valence-corrected chi connectivity index (χ2v) is 20.8. The maximum absolute atomic E-state index is 2.33. The molecule has 4 aliphatic rings. The first-order valence-corrected chi connectivity index (χ1v) is 23.3. The first-order valence-electron chi connectivity index (χ1n) is 23.3. The smallest absolute Gasteiger partial charge is 0.0161 e. The molecule has 0 aliphatic heterocycles. The van der Waals surface area contributed by atoms with Crippen LogP contribution < -0.4 is 0 Å². The molecule has 0 radical (unpaired) electrons. The topological polar surface area (TPSA) is 0 Å². The van der Waals surface area contributed by atoms with Crippen molar-refractivity contribution in [1.82, 2.24) is 0 Å². The standard InChI is InChI=1S/4C16H16/c1-11-7-6-9-13-12-8-4-5-10-14(12)16(2,3)15(11)13;1-11-7-6-10-14-15(11)12-8-4-5-9-13(12)16(14,2)3;1-11-8-9-15-13(10-11)12-6-4-5-7-14(12)16(15,2)3;1-11-8-9-13-12-6-4-5-7-14(12)16(2,3)15(13)10-11/h4*4-10H,1-3H3. The Morgan fingerprint density at radius 1 is 0.250 bits per heavy atom. The number of hydrogen-bond acceptors (Lipinski definition) is 0. The van der Waals surface area contributed by atoms with Crippen molar-refractivity contribution in [1.29, 1.82) is 0 Å². The summed E-state index contributed by atoms with van der Waals surface area (Å²) in [5.41, 5.74) is 29.1. The van der Waals surface area contributed by atoms with Crippen molar-refractivity contribution in [3.63, 3.8) is 0 Å². The van der Waals surface area contributed by atoms with E-state index in [-0.39, 0.29) is 21.7 Å². The first-order chi connectivity index (χ1) is 30.5. The summed E-state index contributed by atoms with van der Waals surface area (Å²) in [4.78, 5) is 0. The molecule has 0 spiro atoms. The molecule has 0 aromatic heterocycles. The highest BCUT2D eigenvalue weighted by Gasteiger charge is 2.38. The summed E-state index contributed by atoms with van der Waals surface area (Å²) in [6.45, 7) is 27.3. The summed E-state index contributed by atoms with van der Waals surface area (Å²) in [7, 11) is 0. The van der Waals surface area contributed by atoms with Gasteiger partial charge in [0.1, 0.15) is 0 Å². The van der Waals surface area contributed by atoms with Crippen molar-refractivity contribution in [3.8, 4) is 44.5 Å². The van der Waals surface area contributed by atoms with Crippen LogP contribution in [0.4, 0.5) is 0 Å². The SMILES string of the molecule is Cc1ccc2c(c1)-c1ccccc1C2(C)C.Cc1ccc2c(c1)C(C)(C)c1ccccc1-2.Cc1cccc2c1-c1ccccc1C2(C)C.Cc1cccc2c1C(C)(C)c1ccccc1-2. The molecule has 0 nitrogen and oxygen atoms in total. The summed E-state index contributed by atoms with van der Waals surface area (Å²) < 4.78 is 0. The third-order valence-corrected chi connectivity index (χ3v) is 15.1. The average molecular weight is 833 g/mol. The summed E-state index contributed by atoms with van der Waals surface area (Å²) in [5.74, 6) is 0. The Balaban J connectivity index is 0.000000108. The summed E-state index contributed by atoms with van der Waals surface area (Å²) in [5, 5.41) is 0. The highest BCUT2D eigenvalue weighted by molar-refractivity contribution is 5.84. The summed E-state index contributed by atoms with van der Waals surface area (Å²) >= 11 is 0. The Morgan fingerprint density at radius 2 is 0.625 bits per heavy atom. The van der Waals surface area contributed by atoms with Crippen molar-refractivity contribution < 1.29 is 0 Å². The van der Waals surface area contributed by atoms with Crippen LogP contribution in [-0.4, -0.2) is 0 Å². The van der Waals surface area contributed by atoms with E-state index in [2.05, 4.69) is 253 Å². The minimum absolute atomic E-state index is 0.150. The predicted octanol–water partition coefficient (Wildman–Crippen LogP) is 17.2. The summed E-state index contributed by atoms with van der Waals surface area (Å²) in [6.07, 6.45) is 0. The van der Waals surface area contributed by atoms with E-state index in [1.54, 1.807) is 0 Å². The highest BCUT2D eigenvalue weighted by atomic mass is 14.4. The van der Waals surface area contributed by atoms with Gasteiger partial charge in [-0.15, -0.1) is 0 Å². The van der Waals surface area contributed by atoms with E-state index < -0.39 is 0 Å². The quantitative estimate of drug-likeness (QED) is 0.143. The Kier molecular flexibility index (Phi) is 10.6. The fourth-order valence-corrected chi connectivity index (χ4v) is 11.7. The Morgan fingerprint density at radius 3 is 1.25 bits per heavy atom. The van der Waals surface area contributed by atoms with Crippen LogP contribution >= 0.6 is 0 Å². The van der Waals surface area contributed by atoms with E-state index in [1.165, 1.54) is 111 Å². The predicted molar refractivity (Wildman–Crippen MR) is 275 cm³/mol. The molecule has 0 atom stereocenters. The van der Waals surface area contributed by atoms with Gasteiger partial charge in [-0.3, -0.25) is 0 Å². The fraction of sp³-hybridized carbons (Fsp3) is 0.250. The molecule has 0 heterocycles. The van der Waals surface area contributed by atoms with Crippen molar-refractivity contribution in [2.24, 2.45) is 0 Å². The van der Waals surface area contributed by atoms with Gasteiger partial charge in [-0.05, 0) is 128 Å². The molecule has 8 aromatic carbocycles. The van der Waals surface area contributed by atoms with Crippen LogP contribution in [0.15, 0.2) is 170 Å². The number of aryl methyl sites for hydroxylation is 4. The van der Waals surface area contributed by atoms with Crippen LogP contribution in [0.5, 0.6) is 0 Å². The van der Waals surface area contributed by atoms with Gasteiger partial charge >= 0.3 is 0 Å². The molecule has 8 aromatic rings. The first kappa shape index (κ1) is 43.0. The normalized spacial score (nSPS) is 15.7. The van der Waals surface area contributed by atoms with Gasteiger partial charge in [0.2, 0.25) is 0 Å². The Hall–Kier alpha value is -6.24. The third-order valence-electron chi connectivity index (χ3n) is 15.1. The average Bonchev–Trinajstić information content (AvgIpc) is 3.85. The van der Waals surface area contributed by atoms with Crippen LogP contribution in [0.1, 0.15) is 122 Å². The molecular weight excluding hydrogens is 769 g/mol. The molecule has 0 saturated carbocycles. The summed E-state index contributed by atoms with van der Waals surface area (Å²) in [6, 6.07) is 61.9. The molecule has 0 unspecified atom stereocenters. The van der Waals surface area contributed by atoms with Crippen molar-refractivity contribution in [2.45, 2.75) is 105 Å². The van der Waals surface area contributed by atoms with Crippen LogP contribution in [0.2, 0.25) is 0 Å². The second kappa shape index (κ2) is 15.8. The van der Waals surface area contributed by atoms with Crippen molar-refractivity contribution >= 4 is 0 Å². The van der Waals surface area contributed by atoms with Crippen LogP contribution in [-0.2, 0) is 21.7 Å². The Labute approximate surface area is 384 Å². The number of fused-ring (bicyclic) bond motifs is 12. The van der Waals surface area contributed by atoms with Crippen molar-refractivity contribution in [3.05, 3.63) is 237 Å². The van der Waals surface area contributed by atoms with Gasteiger partial charge in [0.05, 0.1) is 0 Å². The number of rotatable bonds is 0. The van der Waals surface area contributed by atoms with Gasteiger partial charge in [-0.25, -0.2) is 0 Å². The van der Waals surface area contributed by atoms with Crippen LogP contribution in [0.3, 0.4) is 0 Å². The van der Waals surface area contributed by atoms with Crippen molar-refractivity contribution in [2.75, 3.05) is 0 Å². The van der Waals surface area contributed by atoms with Gasteiger partial charge in [0.25, 0.3) is 0 Å². The lowest BCUT2D eigenvalue weighted by atomic mass is 9.80. The molecule has 0 bridgehead atoms. The van der Waals surface area contributed by atoms with Gasteiger partial charge in [0.15, 0.2) is 0 Å². The molecule has 64 heavy (non-hydrogen) atoms. The lowest BCUT2D eigenvalue weighted by molar-refractivity contribution is 0.655. The molecule has 320 valence electrons. The monoisotopic (exact) mass is 833 g/mol.